The van der Waals surface area contributed by atoms with Crippen molar-refractivity contribution in [2.45, 2.75) is 57.4 Å². The van der Waals surface area contributed by atoms with Crippen molar-refractivity contribution in [3.8, 4) is 0 Å². The summed E-state index contributed by atoms with van der Waals surface area (Å²) in [5.74, 6) is 0. The minimum atomic E-state index is -0.795. The Balaban J connectivity index is 1.87. The molecular weight excluding hydrogens is 217 g/mol. The van der Waals surface area contributed by atoms with Crippen LogP contribution in [-0.4, -0.2) is 60.3 Å². The molecule has 1 aliphatic heterocycles. The lowest BCUT2D eigenvalue weighted by molar-refractivity contribution is 0.0359. The third-order valence-electron chi connectivity index (χ3n) is 4.39. The Morgan fingerprint density at radius 3 is 2.35 bits per heavy atom. The van der Waals surface area contributed by atoms with E-state index in [-0.39, 0.29) is 12.1 Å². The van der Waals surface area contributed by atoms with E-state index in [2.05, 4.69) is 23.6 Å². The molecule has 2 rings (SSSR count). The van der Waals surface area contributed by atoms with Gasteiger partial charge in [-0.2, -0.15) is 0 Å². The molecule has 0 radical (unpaired) electrons. The number of halogens is 1. The number of nitrogens with two attached hydrogens (primary N) is 1. The Morgan fingerprint density at radius 1 is 1.12 bits per heavy atom. The highest BCUT2D eigenvalue weighted by molar-refractivity contribution is 4.93. The largest absolute Gasteiger partial charge is 0.324 e. The number of nitrogens with zero attached hydrogens (tertiary/aromatic N) is 2. The standard InChI is InChI=1S/C13H26FN3/c1-10(2)16-6-8-17(9-7-16)12-5-3-4-11(14)13(12)15/h10-13H,3-9,15H2,1-2H3/t11?,12-,13-/m1/s1. The topological polar surface area (TPSA) is 32.5 Å². The molecule has 1 unspecified atom stereocenters. The van der Waals surface area contributed by atoms with Crippen LogP contribution in [-0.2, 0) is 0 Å². The highest BCUT2D eigenvalue weighted by atomic mass is 19.1. The molecule has 0 spiro atoms. The summed E-state index contributed by atoms with van der Waals surface area (Å²) in [6.07, 6.45) is 1.92. The number of hydrogen-bond donors (Lipinski definition) is 1. The zero-order valence-corrected chi connectivity index (χ0v) is 11.1. The number of rotatable bonds is 2. The van der Waals surface area contributed by atoms with Crippen LogP contribution in [0.5, 0.6) is 0 Å². The molecule has 2 fully saturated rings. The highest BCUT2D eigenvalue weighted by Gasteiger charge is 2.35. The highest BCUT2D eigenvalue weighted by Crippen LogP contribution is 2.25. The summed E-state index contributed by atoms with van der Waals surface area (Å²) in [6, 6.07) is 0.619. The van der Waals surface area contributed by atoms with Gasteiger partial charge in [0.2, 0.25) is 0 Å². The van der Waals surface area contributed by atoms with Crippen LogP contribution in [0.4, 0.5) is 4.39 Å². The summed E-state index contributed by atoms with van der Waals surface area (Å²) in [4.78, 5) is 4.90. The van der Waals surface area contributed by atoms with Gasteiger partial charge in [-0.3, -0.25) is 9.80 Å². The van der Waals surface area contributed by atoms with Gasteiger partial charge in [0.25, 0.3) is 0 Å². The van der Waals surface area contributed by atoms with E-state index in [1.54, 1.807) is 0 Å². The number of hydrogen-bond acceptors (Lipinski definition) is 3. The van der Waals surface area contributed by atoms with Crippen LogP contribution in [0.1, 0.15) is 33.1 Å². The van der Waals surface area contributed by atoms with Crippen LogP contribution < -0.4 is 5.73 Å². The van der Waals surface area contributed by atoms with Crippen molar-refractivity contribution in [1.82, 2.24) is 9.80 Å². The summed E-state index contributed by atoms with van der Waals surface area (Å²) in [6.45, 7) is 8.75. The molecule has 0 bridgehead atoms. The van der Waals surface area contributed by atoms with Crippen molar-refractivity contribution in [3.63, 3.8) is 0 Å². The molecule has 0 aromatic carbocycles. The van der Waals surface area contributed by atoms with Crippen molar-refractivity contribution in [2.24, 2.45) is 5.73 Å². The lowest BCUT2D eigenvalue weighted by atomic mass is 9.88. The van der Waals surface area contributed by atoms with Crippen molar-refractivity contribution < 1.29 is 4.39 Å². The van der Waals surface area contributed by atoms with E-state index in [1.165, 1.54) is 0 Å². The van der Waals surface area contributed by atoms with Gasteiger partial charge in [-0.1, -0.05) is 0 Å². The van der Waals surface area contributed by atoms with Crippen LogP contribution in [0.3, 0.4) is 0 Å². The molecule has 3 nitrogen and oxygen atoms in total. The molecule has 0 aromatic heterocycles. The summed E-state index contributed by atoms with van der Waals surface area (Å²) in [5.41, 5.74) is 6.02. The van der Waals surface area contributed by atoms with Crippen LogP contribution in [0.25, 0.3) is 0 Å². The molecule has 100 valence electrons. The van der Waals surface area contributed by atoms with E-state index >= 15 is 0 Å². The summed E-state index contributed by atoms with van der Waals surface area (Å²) in [5, 5.41) is 0. The van der Waals surface area contributed by atoms with Gasteiger partial charge in [0, 0.05) is 38.3 Å². The predicted octanol–water partition coefficient (Wildman–Crippen LogP) is 1.23. The van der Waals surface area contributed by atoms with E-state index in [0.717, 1.165) is 39.0 Å². The second-order valence-corrected chi connectivity index (χ2v) is 5.76. The van der Waals surface area contributed by atoms with Crippen molar-refractivity contribution >= 4 is 0 Å². The molecule has 0 aromatic rings. The molecule has 0 amide bonds. The third kappa shape index (κ3) is 2.98. The fraction of sp³-hybridized carbons (Fsp3) is 1.00. The van der Waals surface area contributed by atoms with E-state index < -0.39 is 6.17 Å². The molecule has 1 saturated carbocycles. The summed E-state index contributed by atoms with van der Waals surface area (Å²) >= 11 is 0. The van der Waals surface area contributed by atoms with Crippen LogP contribution in [0.2, 0.25) is 0 Å². The predicted molar refractivity (Wildman–Crippen MR) is 68.8 cm³/mol. The van der Waals surface area contributed by atoms with Gasteiger partial charge in [0.15, 0.2) is 0 Å². The first kappa shape index (κ1) is 13.2. The molecule has 2 N–H and O–H groups in total. The van der Waals surface area contributed by atoms with E-state index in [4.69, 9.17) is 5.73 Å². The van der Waals surface area contributed by atoms with Gasteiger partial charge in [-0.15, -0.1) is 0 Å². The van der Waals surface area contributed by atoms with Crippen molar-refractivity contribution in [3.05, 3.63) is 0 Å². The molecule has 3 atom stereocenters. The fourth-order valence-electron chi connectivity index (χ4n) is 3.16. The van der Waals surface area contributed by atoms with Crippen LogP contribution >= 0.6 is 0 Å². The molecule has 2 aliphatic rings. The van der Waals surface area contributed by atoms with E-state index in [9.17, 15) is 4.39 Å². The van der Waals surface area contributed by atoms with Gasteiger partial charge in [-0.05, 0) is 33.1 Å². The lowest BCUT2D eigenvalue weighted by Gasteiger charge is -2.44. The molecular formula is C13H26FN3. The summed E-state index contributed by atoms with van der Waals surface area (Å²) < 4.78 is 13.6. The number of alkyl halides is 1. The van der Waals surface area contributed by atoms with Gasteiger partial charge < -0.3 is 5.73 Å². The minimum absolute atomic E-state index is 0.269. The zero-order chi connectivity index (χ0) is 12.4. The Hall–Kier alpha value is -0.190. The Morgan fingerprint density at radius 2 is 1.76 bits per heavy atom. The first-order chi connectivity index (χ1) is 8.09. The van der Waals surface area contributed by atoms with Gasteiger partial charge >= 0.3 is 0 Å². The first-order valence-electron chi connectivity index (χ1n) is 6.97. The maximum atomic E-state index is 13.6. The quantitative estimate of drug-likeness (QED) is 0.792. The van der Waals surface area contributed by atoms with Crippen LogP contribution in [0, 0.1) is 0 Å². The second-order valence-electron chi connectivity index (χ2n) is 5.76. The average molecular weight is 243 g/mol. The maximum absolute atomic E-state index is 13.6. The van der Waals surface area contributed by atoms with Crippen LogP contribution in [0.15, 0.2) is 0 Å². The van der Waals surface area contributed by atoms with Crippen molar-refractivity contribution in [2.75, 3.05) is 26.2 Å². The molecule has 4 heteroatoms. The SMILES string of the molecule is CC(C)N1CCN([C@@H]2CCCC(F)[C@H]2N)CC1. The minimum Gasteiger partial charge on any atom is -0.324 e. The zero-order valence-electron chi connectivity index (χ0n) is 11.1. The smallest absolute Gasteiger partial charge is 0.117 e. The Labute approximate surface area is 104 Å². The van der Waals surface area contributed by atoms with Crippen molar-refractivity contribution in [1.29, 1.82) is 0 Å². The molecule has 1 heterocycles. The third-order valence-corrected chi connectivity index (χ3v) is 4.39. The lowest BCUT2D eigenvalue weighted by Crippen LogP contribution is -2.59. The maximum Gasteiger partial charge on any atom is 0.117 e. The van der Waals surface area contributed by atoms with Gasteiger partial charge in [0.1, 0.15) is 6.17 Å². The Bertz CT molecular complexity index is 239. The molecule has 17 heavy (non-hydrogen) atoms. The fourth-order valence-corrected chi connectivity index (χ4v) is 3.16. The first-order valence-corrected chi connectivity index (χ1v) is 6.97. The normalized spacial score (nSPS) is 37.6. The molecule has 1 aliphatic carbocycles. The average Bonchev–Trinajstić information content (AvgIpc) is 2.33. The van der Waals surface area contributed by atoms with E-state index in [1.807, 2.05) is 0 Å². The monoisotopic (exact) mass is 243 g/mol. The van der Waals surface area contributed by atoms with Gasteiger partial charge in [0.05, 0.1) is 6.04 Å². The molecule has 1 saturated heterocycles. The summed E-state index contributed by atoms with van der Waals surface area (Å²) in [7, 11) is 0. The Kier molecular flexibility index (Phi) is 4.39. The van der Waals surface area contributed by atoms with E-state index in [0.29, 0.717) is 12.5 Å². The van der Waals surface area contributed by atoms with Gasteiger partial charge in [-0.25, -0.2) is 4.39 Å². The number of piperazine rings is 1. The second kappa shape index (κ2) is 5.63.